The molecule has 0 aliphatic carbocycles. The summed E-state index contributed by atoms with van der Waals surface area (Å²) in [6, 6.07) is 6.98. The summed E-state index contributed by atoms with van der Waals surface area (Å²) in [6.07, 6.45) is 1.11. The lowest BCUT2D eigenvalue weighted by molar-refractivity contribution is -0.121. The number of methoxy groups -OCH3 is 1. The molecule has 2 amide bonds. The highest BCUT2D eigenvalue weighted by Gasteiger charge is 2.15. The number of benzene rings is 1. The van der Waals surface area contributed by atoms with Gasteiger partial charge in [-0.25, -0.2) is 9.59 Å². The van der Waals surface area contributed by atoms with Gasteiger partial charge in [-0.3, -0.25) is 4.79 Å². The monoisotopic (exact) mass is 364 g/mol. The van der Waals surface area contributed by atoms with Crippen molar-refractivity contribution < 1.29 is 23.9 Å². The average molecular weight is 364 g/mol. The summed E-state index contributed by atoms with van der Waals surface area (Å²) in [4.78, 5) is 34.6. The Morgan fingerprint density at radius 3 is 2.19 bits per heavy atom. The van der Waals surface area contributed by atoms with E-state index in [0.29, 0.717) is 37.9 Å². The molecule has 0 bridgehead atoms. The van der Waals surface area contributed by atoms with E-state index >= 15 is 0 Å². The Morgan fingerprint density at radius 2 is 1.62 bits per heavy atom. The topological polar surface area (TPSA) is 93.7 Å². The van der Waals surface area contributed by atoms with Gasteiger partial charge in [-0.2, -0.15) is 0 Å². The maximum Gasteiger partial charge on any atom is 0.407 e. The van der Waals surface area contributed by atoms with Crippen LogP contribution in [0.4, 0.5) is 4.79 Å². The van der Waals surface area contributed by atoms with Crippen LogP contribution in [-0.2, 0) is 20.7 Å². The van der Waals surface area contributed by atoms with Crippen LogP contribution in [0.25, 0.3) is 0 Å². The van der Waals surface area contributed by atoms with Gasteiger partial charge in [0.15, 0.2) is 0 Å². The summed E-state index contributed by atoms with van der Waals surface area (Å²) in [6.45, 7) is 6.32. The lowest BCUT2D eigenvalue weighted by Gasteiger charge is -2.19. The van der Waals surface area contributed by atoms with Crippen LogP contribution >= 0.6 is 0 Å². The standard InChI is InChI=1S/C19H28N2O5/c1-19(2,3)26-18(24)21-13-5-12-20-16(22)11-8-14-6-9-15(10-7-14)17(23)25-4/h6-7,9-10H,5,8,11-13H2,1-4H3,(H,20,22)(H,21,24). The number of ether oxygens (including phenoxy) is 2. The van der Waals surface area contributed by atoms with Gasteiger partial charge in [0.05, 0.1) is 12.7 Å². The predicted octanol–water partition coefficient (Wildman–Crippen LogP) is 2.44. The van der Waals surface area contributed by atoms with Gasteiger partial charge < -0.3 is 20.1 Å². The van der Waals surface area contributed by atoms with E-state index in [9.17, 15) is 14.4 Å². The molecule has 1 rings (SSSR count). The maximum absolute atomic E-state index is 11.8. The Balaban J connectivity index is 2.17. The third-order valence-electron chi connectivity index (χ3n) is 3.36. The predicted molar refractivity (Wildman–Crippen MR) is 98.0 cm³/mol. The van der Waals surface area contributed by atoms with Gasteiger partial charge in [0, 0.05) is 19.5 Å². The molecule has 1 aromatic rings. The van der Waals surface area contributed by atoms with Crippen LogP contribution in [0.5, 0.6) is 0 Å². The fourth-order valence-corrected chi connectivity index (χ4v) is 2.09. The molecule has 1 aromatic carbocycles. The Hall–Kier alpha value is -2.57. The molecule has 0 heterocycles. The van der Waals surface area contributed by atoms with Crippen LogP contribution in [0.15, 0.2) is 24.3 Å². The molecular weight excluding hydrogens is 336 g/mol. The molecule has 0 saturated heterocycles. The fraction of sp³-hybridized carbons (Fsp3) is 0.526. The second kappa shape index (κ2) is 10.4. The normalized spacial score (nSPS) is 10.8. The summed E-state index contributed by atoms with van der Waals surface area (Å²) >= 11 is 0. The van der Waals surface area contributed by atoms with Crippen molar-refractivity contribution in [2.45, 2.75) is 45.6 Å². The van der Waals surface area contributed by atoms with E-state index < -0.39 is 11.7 Å². The number of hydrogen-bond donors (Lipinski definition) is 2. The van der Waals surface area contributed by atoms with Gasteiger partial charge in [-0.05, 0) is 51.3 Å². The first-order valence-corrected chi connectivity index (χ1v) is 8.62. The van der Waals surface area contributed by atoms with Gasteiger partial charge in [-0.15, -0.1) is 0 Å². The zero-order valence-corrected chi connectivity index (χ0v) is 15.9. The highest BCUT2D eigenvalue weighted by molar-refractivity contribution is 5.89. The van der Waals surface area contributed by atoms with Gasteiger partial charge >= 0.3 is 12.1 Å². The van der Waals surface area contributed by atoms with E-state index in [0.717, 1.165) is 5.56 Å². The largest absolute Gasteiger partial charge is 0.465 e. The van der Waals surface area contributed by atoms with Crippen molar-refractivity contribution >= 4 is 18.0 Å². The minimum absolute atomic E-state index is 0.0562. The van der Waals surface area contributed by atoms with Gasteiger partial charge in [-0.1, -0.05) is 12.1 Å². The molecule has 144 valence electrons. The molecule has 0 fully saturated rings. The van der Waals surface area contributed by atoms with Crippen molar-refractivity contribution in [2.24, 2.45) is 0 Å². The molecule has 2 N–H and O–H groups in total. The Kier molecular flexibility index (Phi) is 8.61. The van der Waals surface area contributed by atoms with Crippen molar-refractivity contribution in [2.75, 3.05) is 20.2 Å². The second-order valence-corrected chi connectivity index (χ2v) is 6.82. The van der Waals surface area contributed by atoms with Crippen LogP contribution in [0.1, 0.15) is 49.5 Å². The highest BCUT2D eigenvalue weighted by Crippen LogP contribution is 2.08. The van der Waals surface area contributed by atoms with Crippen LogP contribution in [0.2, 0.25) is 0 Å². The molecule has 0 spiro atoms. The molecule has 26 heavy (non-hydrogen) atoms. The number of alkyl carbamates (subject to hydrolysis) is 1. The van der Waals surface area contributed by atoms with Crippen molar-refractivity contribution in [1.82, 2.24) is 10.6 Å². The molecular formula is C19H28N2O5. The number of rotatable bonds is 8. The SMILES string of the molecule is COC(=O)c1ccc(CCC(=O)NCCCNC(=O)OC(C)(C)C)cc1. The lowest BCUT2D eigenvalue weighted by atomic mass is 10.1. The van der Waals surface area contributed by atoms with Gasteiger partial charge in [0.2, 0.25) is 5.91 Å². The minimum Gasteiger partial charge on any atom is -0.465 e. The molecule has 0 atom stereocenters. The van der Waals surface area contributed by atoms with E-state index in [-0.39, 0.29) is 11.9 Å². The summed E-state index contributed by atoms with van der Waals surface area (Å²) in [5.41, 5.74) is 0.936. The summed E-state index contributed by atoms with van der Waals surface area (Å²) in [5.74, 6) is -0.436. The molecule has 7 heteroatoms. The molecule has 0 unspecified atom stereocenters. The molecule has 7 nitrogen and oxygen atoms in total. The molecule has 0 aliphatic rings. The number of carbonyl (C=O) groups is 3. The minimum atomic E-state index is -0.520. The first kappa shape index (κ1) is 21.5. The maximum atomic E-state index is 11.8. The number of nitrogens with one attached hydrogen (secondary N) is 2. The summed E-state index contributed by atoms with van der Waals surface area (Å²) in [5, 5.41) is 5.45. The first-order valence-electron chi connectivity index (χ1n) is 8.62. The summed E-state index contributed by atoms with van der Waals surface area (Å²) in [7, 11) is 1.34. The van der Waals surface area contributed by atoms with E-state index in [1.165, 1.54) is 7.11 Å². The van der Waals surface area contributed by atoms with Crippen LogP contribution in [0, 0.1) is 0 Å². The summed E-state index contributed by atoms with van der Waals surface area (Å²) < 4.78 is 9.76. The van der Waals surface area contributed by atoms with Crippen molar-refractivity contribution in [3.8, 4) is 0 Å². The number of esters is 1. The number of aryl methyl sites for hydroxylation is 1. The van der Waals surface area contributed by atoms with Crippen LogP contribution < -0.4 is 10.6 Å². The molecule has 0 radical (unpaired) electrons. The number of amides is 2. The Morgan fingerprint density at radius 1 is 1.00 bits per heavy atom. The van der Waals surface area contributed by atoms with Crippen molar-refractivity contribution in [3.63, 3.8) is 0 Å². The van der Waals surface area contributed by atoms with E-state index in [4.69, 9.17) is 4.74 Å². The van der Waals surface area contributed by atoms with Crippen LogP contribution in [-0.4, -0.2) is 43.8 Å². The number of hydrogen-bond acceptors (Lipinski definition) is 5. The fourth-order valence-electron chi connectivity index (χ4n) is 2.09. The van der Waals surface area contributed by atoms with Crippen molar-refractivity contribution in [1.29, 1.82) is 0 Å². The quantitative estimate of drug-likeness (QED) is 0.546. The van der Waals surface area contributed by atoms with E-state index in [1.807, 2.05) is 12.1 Å². The van der Waals surface area contributed by atoms with E-state index in [1.54, 1.807) is 32.9 Å². The molecule has 0 aliphatic heterocycles. The third kappa shape index (κ3) is 9.05. The lowest BCUT2D eigenvalue weighted by Crippen LogP contribution is -2.34. The van der Waals surface area contributed by atoms with E-state index in [2.05, 4.69) is 15.4 Å². The highest BCUT2D eigenvalue weighted by atomic mass is 16.6. The zero-order chi connectivity index (χ0) is 19.6. The first-order chi connectivity index (χ1) is 12.2. The van der Waals surface area contributed by atoms with Crippen LogP contribution in [0.3, 0.4) is 0 Å². The van der Waals surface area contributed by atoms with Gasteiger partial charge in [0.1, 0.15) is 5.60 Å². The second-order valence-electron chi connectivity index (χ2n) is 6.82. The van der Waals surface area contributed by atoms with Gasteiger partial charge in [0.25, 0.3) is 0 Å². The average Bonchev–Trinajstić information content (AvgIpc) is 2.57. The zero-order valence-electron chi connectivity index (χ0n) is 15.9. The molecule has 0 aromatic heterocycles. The Bertz CT molecular complexity index is 605. The number of carbonyl (C=O) groups excluding carboxylic acids is 3. The molecule has 0 saturated carbocycles. The smallest absolute Gasteiger partial charge is 0.407 e. The Labute approximate surface area is 154 Å². The van der Waals surface area contributed by atoms with Crippen molar-refractivity contribution in [3.05, 3.63) is 35.4 Å². The third-order valence-corrected chi connectivity index (χ3v) is 3.36.